The van der Waals surface area contributed by atoms with E-state index in [-0.39, 0.29) is 5.54 Å². The third kappa shape index (κ3) is 2.88. The van der Waals surface area contributed by atoms with Crippen LogP contribution >= 0.6 is 0 Å². The van der Waals surface area contributed by atoms with Gasteiger partial charge in [0.25, 0.3) is 0 Å². The molecule has 117 valence electrons. The Labute approximate surface area is 137 Å². The molecule has 4 heteroatoms. The molecule has 0 fully saturated rings. The normalized spacial score (nSPS) is 17.3. The second-order valence-corrected chi connectivity index (χ2v) is 6.69. The van der Waals surface area contributed by atoms with Crippen molar-refractivity contribution >= 4 is 16.3 Å². The first kappa shape index (κ1) is 16.1. The van der Waals surface area contributed by atoms with Gasteiger partial charge in [-0.2, -0.15) is 13.2 Å². The molecule has 0 heterocycles. The fourth-order valence-electron chi connectivity index (χ4n) is 3.02. The van der Waals surface area contributed by atoms with Crippen molar-refractivity contribution in [2.24, 2.45) is 5.92 Å². The summed E-state index contributed by atoms with van der Waals surface area (Å²) in [5.41, 5.74) is 4.87. The molecule has 1 aliphatic carbocycles. The topological polar surface area (TPSA) is 0 Å². The Morgan fingerprint density at radius 2 is 1.65 bits per heavy atom. The molecule has 0 N–H and O–H groups in total. The van der Waals surface area contributed by atoms with Gasteiger partial charge in [0, 0.05) is 10.2 Å². The van der Waals surface area contributed by atoms with Gasteiger partial charge < -0.3 is 0 Å². The lowest BCUT2D eigenvalue weighted by Gasteiger charge is -2.14. The molecule has 1 atom stereocenters. The number of rotatable bonds is 2. The average Bonchev–Trinajstić information content (AvgIpc) is 2.84. The van der Waals surface area contributed by atoms with Gasteiger partial charge in [0.15, 0.2) is 0 Å². The third-order valence-electron chi connectivity index (χ3n) is 4.29. The van der Waals surface area contributed by atoms with E-state index in [4.69, 9.17) is 0 Å². The quantitative estimate of drug-likeness (QED) is 0.626. The standard InChI is InChI=1S/C19H16F3Si/c1-11(2)16-10-17-14(4-3-5-15(17)18(16)23)12-6-8-13(9-7-12)19(20,21)22/h3-11,18H,1-2H3. The zero-order valence-corrected chi connectivity index (χ0v) is 13.9. The Kier molecular flexibility index (Phi) is 3.96. The van der Waals surface area contributed by atoms with E-state index in [1.807, 2.05) is 12.1 Å². The summed E-state index contributed by atoms with van der Waals surface area (Å²) in [6, 6.07) is 11.3. The van der Waals surface area contributed by atoms with E-state index < -0.39 is 11.7 Å². The molecule has 2 aromatic carbocycles. The molecule has 0 saturated carbocycles. The molecule has 2 aromatic rings. The van der Waals surface area contributed by atoms with Gasteiger partial charge in [0.2, 0.25) is 0 Å². The Balaban J connectivity index is 2.07. The van der Waals surface area contributed by atoms with E-state index in [1.54, 1.807) is 12.1 Å². The summed E-state index contributed by atoms with van der Waals surface area (Å²) in [5.74, 6) is 0.408. The smallest absolute Gasteiger partial charge is 0.166 e. The molecule has 3 radical (unpaired) electrons. The zero-order chi connectivity index (χ0) is 16.8. The highest BCUT2D eigenvalue weighted by molar-refractivity contribution is 6.16. The van der Waals surface area contributed by atoms with Gasteiger partial charge in [-0.15, -0.1) is 0 Å². The van der Waals surface area contributed by atoms with Gasteiger partial charge in [-0.25, -0.2) is 0 Å². The van der Waals surface area contributed by atoms with Crippen molar-refractivity contribution in [3.05, 3.63) is 64.7 Å². The fraction of sp³-hybridized carbons (Fsp3) is 0.263. The first-order chi connectivity index (χ1) is 10.8. The molecule has 0 spiro atoms. The molecule has 1 aliphatic rings. The lowest BCUT2D eigenvalue weighted by atomic mass is 9.96. The van der Waals surface area contributed by atoms with Crippen molar-refractivity contribution < 1.29 is 13.2 Å². The van der Waals surface area contributed by atoms with Crippen LogP contribution in [0.5, 0.6) is 0 Å². The number of hydrogen-bond donors (Lipinski definition) is 0. The van der Waals surface area contributed by atoms with Gasteiger partial charge >= 0.3 is 6.18 Å². The van der Waals surface area contributed by atoms with Crippen LogP contribution in [0.3, 0.4) is 0 Å². The van der Waals surface area contributed by atoms with Crippen molar-refractivity contribution in [2.45, 2.75) is 25.6 Å². The molecule has 23 heavy (non-hydrogen) atoms. The molecule has 0 bridgehead atoms. The van der Waals surface area contributed by atoms with Crippen molar-refractivity contribution in [1.82, 2.24) is 0 Å². The number of hydrogen-bond acceptors (Lipinski definition) is 0. The van der Waals surface area contributed by atoms with Crippen LogP contribution in [0.15, 0.2) is 48.0 Å². The Morgan fingerprint density at radius 1 is 1.00 bits per heavy atom. The highest BCUT2D eigenvalue weighted by atomic mass is 28.1. The van der Waals surface area contributed by atoms with Crippen LogP contribution in [0.2, 0.25) is 0 Å². The van der Waals surface area contributed by atoms with Gasteiger partial charge in [-0.05, 0) is 45.8 Å². The molecule has 0 amide bonds. The van der Waals surface area contributed by atoms with E-state index in [1.165, 1.54) is 11.1 Å². The number of alkyl halides is 3. The van der Waals surface area contributed by atoms with Gasteiger partial charge in [0.1, 0.15) is 0 Å². The summed E-state index contributed by atoms with van der Waals surface area (Å²) in [4.78, 5) is 0. The minimum absolute atomic E-state index is 0.166. The van der Waals surface area contributed by atoms with Crippen LogP contribution in [-0.4, -0.2) is 10.2 Å². The maximum Gasteiger partial charge on any atom is 0.416 e. The van der Waals surface area contributed by atoms with Crippen LogP contribution in [0, 0.1) is 5.92 Å². The van der Waals surface area contributed by atoms with E-state index in [0.717, 1.165) is 28.8 Å². The minimum Gasteiger partial charge on any atom is -0.166 e. The molecule has 0 aromatic heterocycles. The van der Waals surface area contributed by atoms with Crippen LogP contribution in [0.1, 0.15) is 36.1 Å². The third-order valence-corrected chi connectivity index (χ3v) is 4.93. The summed E-state index contributed by atoms with van der Waals surface area (Å²) >= 11 is 0. The number of halogens is 3. The van der Waals surface area contributed by atoms with Gasteiger partial charge in [0.05, 0.1) is 5.56 Å². The van der Waals surface area contributed by atoms with Crippen LogP contribution < -0.4 is 0 Å². The van der Waals surface area contributed by atoms with Crippen molar-refractivity contribution in [3.63, 3.8) is 0 Å². The highest BCUT2D eigenvalue weighted by Gasteiger charge is 2.30. The second-order valence-electron chi connectivity index (χ2n) is 6.12. The first-order valence-corrected chi connectivity index (χ1v) is 8.10. The molecule has 1 unspecified atom stereocenters. The lowest BCUT2D eigenvalue weighted by molar-refractivity contribution is -0.137. The van der Waals surface area contributed by atoms with Crippen molar-refractivity contribution in [1.29, 1.82) is 0 Å². The van der Waals surface area contributed by atoms with Gasteiger partial charge in [-0.1, -0.05) is 55.8 Å². The van der Waals surface area contributed by atoms with Crippen molar-refractivity contribution in [2.75, 3.05) is 0 Å². The van der Waals surface area contributed by atoms with E-state index >= 15 is 0 Å². The number of fused-ring (bicyclic) bond motifs is 1. The first-order valence-electron chi connectivity index (χ1n) is 7.52. The highest BCUT2D eigenvalue weighted by Crippen LogP contribution is 2.42. The molecule has 3 rings (SSSR count). The van der Waals surface area contributed by atoms with E-state index in [9.17, 15) is 13.2 Å². The monoisotopic (exact) mass is 329 g/mol. The maximum atomic E-state index is 12.7. The van der Waals surface area contributed by atoms with Gasteiger partial charge in [-0.3, -0.25) is 0 Å². The number of allylic oxidation sites excluding steroid dienone is 1. The summed E-state index contributed by atoms with van der Waals surface area (Å²) in [7, 11) is 3.79. The largest absolute Gasteiger partial charge is 0.416 e. The predicted molar refractivity (Wildman–Crippen MR) is 88.2 cm³/mol. The molecule has 0 aliphatic heterocycles. The molecular weight excluding hydrogens is 313 g/mol. The lowest BCUT2D eigenvalue weighted by Crippen LogP contribution is -2.04. The summed E-state index contributed by atoms with van der Waals surface area (Å²) in [5, 5.41) is 0. The van der Waals surface area contributed by atoms with E-state index in [2.05, 4.69) is 36.2 Å². The van der Waals surface area contributed by atoms with E-state index in [0.29, 0.717) is 5.92 Å². The van der Waals surface area contributed by atoms with Crippen LogP contribution in [0.25, 0.3) is 17.2 Å². The summed E-state index contributed by atoms with van der Waals surface area (Å²) in [6.45, 7) is 4.28. The Morgan fingerprint density at radius 3 is 2.22 bits per heavy atom. The number of benzene rings is 2. The zero-order valence-electron chi connectivity index (χ0n) is 12.9. The second kappa shape index (κ2) is 5.68. The molecule has 0 nitrogen and oxygen atoms in total. The maximum absolute atomic E-state index is 12.7. The Hall–Kier alpha value is -1.81. The van der Waals surface area contributed by atoms with Crippen LogP contribution in [0.4, 0.5) is 13.2 Å². The predicted octanol–water partition coefficient (Wildman–Crippen LogP) is 5.64. The average molecular weight is 329 g/mol. The molecular formula is C19H16F3Si. The Bertz CT molecular complexity index is 755. The minimum atomic E-state index is -4.30. The SMILES string of the molecule is CC(C)C1=Cc2c(-c3ccc(C(F)(F)F)cc3)cccc2C1[Si]. The molecule has 0 saturated heterocycles. The summed E-state index contributed by atoms with van der Waals surface area (Å²) < 4.78 is 38.2. The van der Waals surface area contributed by atoms with Crippen molar-refractivity contribution in [3.8, 4) is 11.1 Å². The van der Waals surface area contributed by atoms with Crippen LogP contribution in [-0.2, 0) is 6.18 Å². The fourth-order valence-corrected chi connectivity index (χ4v) is 3.68. The summed E-state index contributed by atoms with van der Waals surface area (Å²) in [6.07, 6.45) is -2.15.